The average Bonchev–Trinajstić information content (AvgIpc) is 2.35. The molecule has 2 aromatic rings. The van der Waals surface area contributed by atoms with Gasteiger partial charge in [0.1, 0.15) is 11.9 Å². The van der Waals surface area contributed by atoms with E-state index in [-0.39, 0.29) is 5.75 Å². The zero-order chi connectivity index (χ0) is 15.6. The van der Waals surface area contributed by atoms with E-state index in [0.717, 1.165) is 15.0 Å². The van der Waals surface area contributed by atoms with E-state index in [1.807, 2.05) is 0 Å². The summed E-state index contributed by atoms with van der Waals surface area (Å²) in [6.45, 7) is 0. The van der Waals surface area contributed by atoms with Crippen molar-refractivity contribution in [3.8, 4) is 5.75 Å². The molecule has 2 rings (SSSR count). The van der Waals surface area contributed by atoms with Gasteiger partial charge in [0.15, 0.2) is 0 Å². The van der Waals surface area contributed by atoms with Crippen molar-refractivity contribution < 1.29 is 23.0 Å². The van der Waals surface area contributed by atoms with Crippen LogP contribution in [0, 0.1) is 0 Å². The Balaban J connectivity index is 2.30. The highest BCUT2D eigenvalue weighted by atomic mass is 79.9. The SMILES string of the molecule is OC(c1cc(Br)cc(Br)c1)c1cccc(OC(F)(F)F)c1. The fourth-order valence-corrected chi connectivity index (χ4v) is 3.14. The lowest BCUT2D eigenvalue weighted by Gasteiger charge is -2.15. The summed E-state index contributed by atoms with van der Waals surface area (Å²) in [5.74, 6) is -0.367. The maximum Gasteiger partial charge on any atom is 0.573 e. The van der Waals surface area contributed by atoms with E-state index in [2.05, 4.69) is 36.6 Å². The van der Waals surface area contributed by atoms with Crippen molar-refractivity contribution in [3.05, 3.63) is 62.5 Å². The molecule has 0 aromatic heterocycles. The minimum Gasteiger partial charge on any atom is -0.406 e. The van der Waals surface area contributed by atoms with Crippen LogP contribution in [0.5, 0.6) is 5.75 Å². The Bertz CT molecular complexity index is 624. The topological polar surface area (TPSA) is 29.5 Å². The Labute approximate surface area is 135 Å². The Morgan fingerprint density at radius 3 is 2.14 bits per heavy atom. The molecule has 0 radical (unpaired) electrons. The van der Waals surface area contributed by atoms with Gasteiger partial charge in [0.25, 0.3) is 0 Å². The Morgan fingerprint density at radius 2 is 1.57 bits per heavy atom. The zero-order valence-electron chi connectivity index (χ0n) is 10.4. The molecule has 2 aromatic carbocycles. The molecule has 1 unspecified atom stereocenters. The van der Waals surface area contributed by atoms with Crippen LogP contribution in [0.15, 0.2) is 51.4 Å². The first-order valence-electron chi connectivity index (χ1n) is 5.74. The van der Waals surface area contributed by atoms with Crippen LogP contribution in [-0.4, -0.2) is 11.5 Å². The normalized spacial score (nSPS) is 13.0. The zero-order valence-corrected chi connectivity index (χ0v) is 13.5. The number of benzene rings is 2. The average molecular weight is 426 g/mol. The highest BCUT2D eigenvalue weighted by Gasteiger charge is 2.31. The minimum absolute atomic E-state index is 0.307. The summed E-state index contributed by atoms with van der Waals surface area (Å²) in [5, 5.41) is 10.3. The van der Waals surface area contributed by atoms with Crippen molar-refractivity contribution in [1.82, 2.24) is 0 Å². The summed E-state index contributed by atoms with van der Waals surface area (Å²) in [5.41, 5.74) is 0.849. The van der Waals surface area contributed by atoms with Gasteiger partial charge in [-0.15, -0.1) is 13.2 Å². The largest absolute Gasteiger partial charge is 0.573 e. The molecule has 0 fully saturated rings. The fraction of sp³-hybridized carbons (Fsp3) is 0.143. The van der Waals surface area contributed by atoms with Gasteiger partial charge in [0.2, 0.25) is 0 Å². The molecule has 1 atom stereocenters. The van der Waals surface area contributed by atoms with E-state index in [0.29, 0.717) is 11.1 Å². The first-order valence-corrected chi connectivity index (χ1v) is 7.33. The first kappa shape index (κ1) is 16.3. The Hall–Kier alpha value is -1.05. The van der Waals surface area contributed by atoms with Crippen LogP contribution < -0.4 is 4.74 Å². The van der Waals surface area contributed by atoms with Crippen molar-refractivity contribution in [2.75, 3.05) is 0 Å². The van der Waals surface area contributed by atoms with Gasteiger partial charge >= 0.3 is 6.36 Å². The van der Waals surface area contributed by atoms with Gasteiger partial charge in [-0.3, -0.25) is 0 Å². The highest BCUT2D eigenvalue weighted by Crippen LogP contribution is 2.31. The van der Waals surface area contributed by atoms with E-state index >= 15 is 0 Å². The molecule has 0 aliphatic rings. The smallest absolute Gasteiger partial charge is 0.406 e. The highest BCUT2D eigenvalue weighted by molar-refractivity contribution is 9.11. The number of rotatable bonds is 3. The van der Waals surface area contributed by atoms with Crippen molar-refractivity contribution in [2.24, 2.45) is 0 Å². The second kappa shape index (κ2) is 6.37. The van der Waals surface area contributed by atoms with Gasteiger partial charge in [-0.05, 0) is 41.5 Å². The van der Waals surface area contributed by atoms with E-state index in [9.17, 15) is 18.3 Å². The molecule has 0 bridgehead atoms. The third-order valence-corrected chi connectivity index (χ3v) is 3.52. The summed E-state index contributed by atoms with van der Waals surface area (Å²) in [7, 11) is 0. The fourth-order valence-electron chi connectivity index (χ4n) is 1.81. The molecule has 0 amide bonds. The minimum atomic E-state index is -4.76. The number of hydrogen-bond acceptors (Lipinski definition) is 2. The monoisotopic (exact) mass is 424 g/mol. The molecule has 2 nitrogen and oxygen atoms in total. The van der Waals surface area contributed by atoms with Crippen LogP contribution in [0.25, 0.3) is 0 Å². The third-order valence-electron chi connectivity index (χ3n) is 2.61. The standard InChI is InChI=1S/C14H9Br2F3O2/c15-10-4-9(5-11(16)7-10)13(20)8-2-1-3-12(6-8)21-14(17,18)19/h1-7,13,20H. The third kappa shape index (κ3) is 4.72. The second-order valence-electron chi connectivity index (χ2n) is 4.23. The number of aliphatic hydroxyl groups excluding tert-OH is 1. The van der Waals surface area contributed by atoms with Gasteiger partial charge in [-0.2, -0.15) is 0 Å². The molecule has 0 aliphatic carbocycles. The molecule has 112 valence electrons. The summed E-state index contributed by atoms with van der Waals surface area (Å²) in [6, 6.07) is 10.4. The number of aliphatic hydroxyl groups is 1. The van der Waals surface area contributed by atoms with Crippen LogP contribution in [0.2, 0.25) is 0 Å². The molecular weight excluding hydrogens is 417 g/mol. The molecule has 0 spiro atoms. The van der Waals surface area contributed by atoms with E-state index in [1.54, 1.807) is 18.2 Å². The molecule has 0 saturated heterocycles. The number of halogens is 5. The first-order chi connectivity index (χ1) is 9.74. The summed E-state index contributed by atoms with van der Waals surface area (Å²) < 4.78 is 42.0. The van der Waals surface area contributed by atoms with Crippen molar-refractivity contribution in [2.45, 2.75) is 12.5 Å². The maximum absolute atomic E-state index is 12.2. The molecule has 1 N–H and O–H groups in total. The Morgan fingerprint density at radius 1 is 0.952 bits per heavy atom. The Kier molecular flexibility index (Phi) is 4.95. The molecule has 0 aliphatic heterocycles. The van der Waals surface area contributed by atoms with Gasteiger partial charge in [0.05, 0.1) is 0 Å². The van der Waals surface area contributed by atoms with Crippen molar-refractivity contribution >= 4 is 31.9 Å². The molecule has 21 heavy (non-hydrogen) atoms. The van der Waals surface area contributed by atoms with Gasteiger partial charge in [-0.1, -0.05) is 44.0 Å². The summed E-state index contributed by atoms with van der Waals surface area (Å²) >= 11 is 6.59. The van der Waals surface area contributed by atoms with E-state index in [1.165, 1.54) is 18.2 Å². The number of hydrogen-bond donors (Lipinski definition) is 1. The predicted molar refractivity (Wildman–Crippen MR) is 79.0 cm³/mol. The van der Waals surface area contributed by atoms with Gasteiger partial charge in [0, 0.05) is 8.95 Å². The lowest BCUT2D eigenvalue weighted by molar-refractivity contribution is -0.274. The predicted octanol–water partition coefficient (Wildman–Crippen LogP) is 5.19. The maximum atomic E-state index is 12.2. The molecular formula is C14H9Br2F3O2. The van der Waals surface area contributed by atoms with E-state index < -0.39 is 12.5 Å². The van der Waals surface area contributed by atoms with E-state index in [4.69, 9.17) is 0 Å². The van der Waals surface area contributed by atoms with Crippen molar-refractivity contribution in [3.63, 3.8) is 0 Å². The summed E-state index contributed by atoms with van der Waals surface area (Å²) in [6.07, 6.45) is -5.82. The summed E-state index contributed by atoms with van der Waals surface area (Å²) in [4.78, 5) is 0. The van der Waals surface area contributed by atoms with Gasteiger partial charge in [-0.25, -0.2) is 0 Å². The second-order valence-corrected chi connectivity index (χ2v) is 6.06. The molecule has 7 heteroatoms. The molecule has 0 saturated carbocycles. The van der Waals surface area contributed by atoms with Crippen LogP contribution in [0.4, 0.5) is 13.2 Å². The molecule has 0 heterocycles. The van der Waals surface area contributed by atoms with Crippen LogP contribution >= 0.6 is 31.9 Å². The lowest BCUT2D eigenvalue weighted by atomic mass is 10.0. The number of alkyl halides is 3. The van der Waals surface area contributed by atoms with Crippen molar-refractivity contribution in [1.29, 1.82) is 0 Å². The van der Waals surface area contributed by atoms with Crippen LogP contribution in [-0.2, 0) is 0 Å². The number of ether oxygens (including phenoxy) is 1. The van der Waals surface area contributed by atoms with Crippen LogP contribution in [0.3, 0.4) is 0 Å². The van der Waals surface area contributed by atoms with Gasteiger partial charge < -0.3 is 9.84 Å². The quantitative estimate of drug-likeness (QED) is 0.733. The van der Waals surface area contributed by atoms with Crippen LogP contribution in [0.1, 0.15) is 17.2 Å². The lowest BCUT2D eigenvalue weighted by Crippen LogP contribution is -2.17.